The molecule has 2 aromatic rings. The van der Waals surface area contributed by atoms with Crippen LogP contribution in [0.2, 0.25) is 0 Å². The van der Waals surface area contributed by atoms with Crippen LogP contribution in [0.5, 0.6) is 5.88 Å². The molecule has 1 aliphatic carbocycles. The van der Waals surface area contributed by atoms with Crippen molar-refractivity contribution in [1.82, 2.24) is 20.1 Å². The van der Waals surface area contributed by atoms with E-state index in [2.05, 4.69) is 15.2 Å². The van der Waals surface area contributed by atoms with Crippen molar-refractivity contribution in [3.05, 3.63) is 58.8 Å². The molecule has 1 saturated carbocycles. The van der Waals surface area contributed by atoms with Crippen LogP contribution in [-0.4, -0.2) is 77.6 Å². The maximum absolute atomic E-state index is 13.5. The molecule has 8 nitrogen and oxygen atoms in total. The Labute approximate surface area is 239 Å². The second kappa shape index (κ2) is 11.8. The fraction of sp³-hybridized carbons (Fsp3) is 0.548. The van der Waals surface area contributed by atoms with Gasteiger partial charge in [-0.3, -0.25) is 14.4 Å². The first kappa shape index (κ1) is 29.1. The lowest BCUT2D eigenvalue weighted by molar-refractivity contribution is -0.150. The lowest BCUT2D eigenvalue weighted by Crippen LogP contribution is -2.46. The first-order valence-electron chi connectivity index (χ1n) is 14.3. The number of alkyl halides is 2. The van der Waals surface area contributed by atoms with Crippen molar-refractivity contribution in [2.45, 2.75) is 52.0 Å². The molecule has 1 N–H and O–H groups in total. The largest absolute Gasteiger partial charge is 0.470 e. The topological polar surface area (TPSA) is 91.8 Å². The standard InChI is InChI=1S/C31H38F2N4O4/c1-19-11-27(41-18-20(2)38)34-21(3)28(19)30(40)37-16-24-14-36(15-25(24)17-37)10-9-26(22-7-5-4-6-8-22)35-29(39)23-12-31(32,33)13-23/h4-8,11,23-26H,9-10,12-18H2,1-3H3,(H,35,39)/t24-,25?,26?/m0/s1. The Morgan fingerprint density at radius 2 is 1.73 bits per heavy atom. The summed E-state index contributed by atoms with van der Waals surface area (Å²) in [6.07, 6.45) is -0.0705. The Balaban J connectivity index is 1.15. The second-order valence-corrected chi connectivity index (χ2v) is 11.9. The van der Waals surface area contributed by atoms with E-state index < -0.39 is 11.8 Å². The number of hydrogen-bond donors (Lipinski definition) is 1. The van der Waals surface area contributed by atoms with E-state index in [0.29, 0.717) is 48.5 Å². The molecule has 0 spiro atoms. The number of aromatic nitrogens is 1. The van der Waals surface area contributed by atoms with Gasteiger partial charge in [0.2, 0.25) is 17.7 Å². The summed E-state index contributed by atoms with van der Waals surface area (Å²) in [5.41, 5.74) is 2.93. The van der Waals surface area contributed by atoms with Gasteiger partial charge in [-0.15, -0.1) is 0 Å². The molecule has 2 aliphatic heterocycles. The zero-order chi connectivity index (χ0) is 29.3. The fourth-order valence-corrected chi connectivity index (χ4v) is 6.42. The second-order valence-electron chi connectivity index (χ2n) is 11.9. The average molecular weight is 569 g/mol. The molecule has 3 atom stereocenters. The van der Waals surface area contributed by atoms with E-state index in [1.807, 2.05) is 42.2 Å². The third-order valence-electron chi connectivity index (χ3n) is 8.57. The summed E-state index contributed by atoms with van der Waals surface area (Å²) in [6, 6.07) is 11.1. The minimum atomic E-state index is -2.73. The lowest BCUT2D eigenvalue weighted by atomic mass is 9.80. The molecule has 2 amide bonds. The number of ketones is 1. The Bertz CT molecular complexity index is 1260. The predicted molar refractivity (Wildman–Crippen MR) is 149 cm³/mol. The van der Waals surface area contributed by atoms with Crippen LogP contribution in [0.4, 0.5) is 8.78 Å². The number of halogens is 2. The summed E-state index contributed by atoms with van der Waals surface area (Å²) >= 11 is 0. The van der Waals surface area contributed by atoms with Gasteiger partial charge in [0.15, 0.2) is 5.78 Å². The fourth-order valence-electron chi connectivity index (χ4n) is 6.42. The summed E-state index contributed by atoms with van der Waals surface area (Å²) in [5, 5.41) is 3.03. The van der Waals surface area contributed by atoms with E-state index in [1.165, 1.54) is 6.92 Å². The number of fused-ring (bicyclic) bond motifs is 1. The van der Waals surface area contributed by atoms with Crippen molar-refractivity contribution < 1.29 is 27.9 Å². The van der Waals surface area contributed by atoms with Crippen LogP contribution in [0.1, 0.15) is 59.4 Å². The van der Waals surface area contributed by atoms with Gasteiger partial charge in [0.05, 0.1) is 17.3 Å². The van der Waals surface area contributed by atoms with Gasteiger partial charge in [-0.25, -0.2) is 13.8 Å². The SMILES string of the molecule is CC(=O)COc1cc(C)c(C(=O)N2CC3CN(CCC(NC(=O)C4CC(F)(F)C4)c4ccccc4)C[C@H]3C2)c(C)n1. The summed E-state index contributed by atoms with van der Waals surface area (Å²) in [6.45, 7) is 8.91. The minimum absolute atomic E-state index is 0.0278. The molecule has 1 aromatic carbocycles. The van der Waals surface area contributed by atoms with Crippen molar-refractivity contribution in [3.63, 3.8) is 0 Å². The van der Waals surface area contributed by atoms with Crippen LogP contribution < -0.4 is 10.1 Å². The van der Waals surface area contributed by atoms with Crippen molar-refractivity contribution >= 4 is 17.6 Å². The molecule has 0 radical (unpaired) electrons. The van der Waals surface area contributed by atoms with Gasteiger partial charge in [-0.2, -0.15) is 0 Å². The maximum Gasteiger partial charge on any atom is 0.255 e. The number of carbonyl (C=O) groups is 3. The van der Waals surface area contributed by atoms with Gasteiger partial charge in [0, 0.05) is 57.5 Å². The number of aryl methyl sites for hydroxylation is 2. The number of benzene rings is 1. The number of nitrogens with one attached hydrogen (secondary N) is 1. The molecule has 220 valence electrons. The van der Waals surface area contributed by atoms with E-state index >= 15 is 0 Å². The van der Waals surface area contributed by atoms with Crippen LogP contribution in [-0.2, 0) is 9.59 Å². The quantitative estimate of drug-likeness (QED) is 0.467. The maximum atomic E-state index is 13.5. The zero-order valence-corrected chi connectivity index (χ0v) is 23.9. The summed E-state index contributed by atoms with van der Waals surface area (Å²) < 4.78 is 32.1. The molecule has 5 rings (SSSR count). The Kier molecular flexibility index (Phi) is 8.40. The third-order valence-corrected chi connectivity index (χ3v) is 8.57. The summed E-state index contributed by atoms with van der Waals surface area (Å²) in [5.74, 6) is -2.69. The first-order valence-corrected chi connectivity index (χ1v) is 14.3. The molecule has 3 heterocycles. The van der Waals surface area contributed by atoms with Crippen LogP contribution in [0.25, 0.3) is 0 Å². The molecule has 3 fully saturated rings. The van der Waals surface area contributed by atoms with Gasteiger partial charge < -0.3 is 19.9 Å². The molecule has 41 heavy (non-hydrogen) atoms. The highest BCUT2D eigenvalue weighted by Gasteiger charge is 2.49. The lowest BCUT2D eigenvalue weighted by Gasteiger charge is -2.35. The van der Waals surface area contributed by atoms with Gasteiger partial charge in [-0.05, 0) is 50.2 Å². The molecular formula is C31H38F2N4O4. The van der Waals surface area contributed by atoms with Gasteiger partial charge >= 0.3 is 0 Å². The highest BCUT2D eigenvalue weighted by Crippen LogP contribution is 2.42. The summed E-state index contributed by atoms with van der Waals surface area (Å²) in [7, 11) is 0. The van der Waals surface area contributed by atoms with E-state index in [-0.39, 0.29) is 43.1 Å². The smallest absolute Gasteiger partial charge is 0.255 e. The number of Topliss-reactive ketones (excluding diaryl/α,β-unsaturated/α-hetero) is 1. The van der Waals surface area contributed by atoms with Crippen molar-refractivity contribution in [1.29, 1.82) is 0 Å². The van der Waals surface area contributed by atoms with E-state index in [4.69, 9.17) is 4.74 Å². The molecule has 3 aliphatic rings. The van der Waals surface area contributed by atoms with E-state index in [1.54, 1.807) is 13.0 Å². The average Bonchev–Trinajstić information content (AvgIpc) is 3.47. The van der Waals surface area contributed by atoms with E-state index in [0.717, 1.165) is 30.8 Å². The molecule has 2 unspecified atom stereocenters. The molecule has 10 heteroatoms. The molecular weight excluding hydrogens is 530 g/mol. The van der Waals surface area contributed by atoms with Crippen molar-refractivity contribution in [2.24, 2.45) is 17.8 Å². The van der Waals surface area contributed by atoms with Crippen LogP contribution in [0, 0.1) is 31.6 Å². The van der Waals surface area contributed by atoms with Crippen LogP contribution >= 0.6 is 0 Å². The van der Waals surface area contributed by atoms with Crippen LogP contribution in [0.15, 0.2) is 36.4 Å². The highest BCUT2D eigenvalue weighted by molar-refractivity contribution is 5.97. The normalized spacial score (nSPS) is 22.6. The van der Waals surface area contributed by atoms with Gasteiger partial charge in [-0.1, -0.05) is 30.3 Å². The highest BCUT2D eigenvalue weighted by atomic mass is 19.3. The molecule has 2 saturated heterocycles. The van der Waals surface area contributed by atoms with Gasteiger partial charge in [0.25, 0.3) is 5.91 Å². The molecule has 1 aromatic heterocycles. The van der Waals surface area contributed by atoms with E-state index in [9.17, 15) is 23.2 Å². The number of hydrogen-bond acceptors (Lipinski definition) is 6. The van der Waals surface area contributed by atoms with Crippen LogP contribution in [0.3, 0.4) is 0 Å². The Hall–Kier alpha value is -3.40. The predicted octanol–water partition coefficient (Wildman–Crippen LogP) is 3.96. The Morgan fingerprint density at radius 1 is 1.07 bits per heavy atom. The number of ether oxygens (including phenoxy) is 1. The monoisotopic (exact) mass is 568 g/mol. The number of nitrogens with zero attached hydrogens (tertiary/aromatic N) is 3. The number of amides is 2. The number of likely N-dealkylation sites (tertiary alicyclic amines) is 2. The first-order chi connectivity index (χ1) is 19.5. The van der Waals surface area contributed by atoms with Crippen molar-refractivity contribution in [2.75, 3.05) is 39.3 Å². The van der Waals surface area contributed by atoms with Crippen molar-refractivity contribution in [3.8, 4) is 5.88 Å². The van der Waals surface area contributed by atoms with Gasteiger partial charge in [0.1, 0.15) is 6.61 Å². The number of pyridine rings is 1. The minimum Gasteiger partial charge on any atom is -0.470 e. The molecule has 0 bridgehead atoms. The zero-order valence-electron chi connectivity index (χ0n) is 23.9. The third kappa shape index (κ3) is 6.74. The summed E-state index contributed by atoms with van der Waals surface area (Å²) in [4.78, 5) is 46.1. The number of carbonyl (C=O) groups excluding carboxylic acids is 3. The Morgan fingerprint density at radius 3 is 2.32 bits per heavy atom. The number of rotatable bonds is 10.